The molecule has 2 amide bonds. The molecule has 1 saturated carbocycles. The Balaban J connectivity index is 1.95. The fourth-order valence-corrected chi connectivity index (χ4v) is 2.14. The second-order valence-electron chi connectivity index (χ2n) is 4.74. The summed E-state index contributed by atoms with van der Waals surface area (Å²) >= 11 is 0. The van der Waals surface area contributed by atoms with Crippen molar-refractivity contribution in [2.75, 3.05) is 32.8 Å². The molecule has 2 rings (SSSR count). The van der Waals surface area contributed by atoms with Gasteiger partial charge in [0.05, 0.1) is 13.2 Å². The zero-order valence-electron chi connectivity index (χ0n) is 10.3. The molecule has 1 aliphatic carbocycles. The van der Waals surface area contributed by atoms with Gasteiger partial charge in [0, 0.05) is 19.6 Å². The van der Waals surface area contributed by atoms with E-state index in [0.717, 1.165) is 6.42 Å². The molecule has 0 radical (unpaired) electrons. The van der Waals surface area contributed by atoms with Crippen LogP contribution in [-0.4, -0.2) is 49.6 Å². The van der Waals surface area contributed by atoms with Crippen LogP contribution in [0.3, 0.4) is 0 Å². The molecule has 0 aromatic rings. The van der Waals surface area contributed by atoms with Gasteiger partial charge in [-0.3, -0.25) is 9.59 Å². The number of carbonyl (C=O) groups excluding carboxylic acids is 2. The molecule has 2 fully saturated rings. The maximum Gasteiger partial charge on any atom is 0.238 e. The van der Waals surface area contributed by atoms with E-state index in [1.807, 2.05) is 6.92 Å². The Morgan fingerprint density at radius 3 is 2.47 bits per heavy atom. The number of hydrogen-bond donors (Lipinski definition) is 1. The number of amides is 2. The first-order chi connectivity index (χ1) is 8.20. The largest absolute Gasteiger partial charge is 0.378 e. The predicted octanol–water partition coefficient (Wildman–Crippen LogP) is 0.152. The van der Waals surface area contributed by atoms with Crippen LogP contribution < -0.4 is 5.32 Å². The molecule has 5 heteroatoms. The van der Waals surface area contributed by atoms with Crippen molar-refractivity contribution in [1.29, 1.82) is 0 Å². The summed E-state index contributed by atoms with van der Waals surface area (Å²) in [5, 5.41) is 2.84. The lowest BCUT2D eigenvalue weighted by atomic mass is 10.0. The molecule has 1 aliphatic heterocycles. The molecule has 17 heavy (non-hydrogen) atoms. The van der Waals surface area contributed by atoms with Gasteiger partial charge in [-0.2, -0.15) is 0 Å². The summed E-state index contributed by atoms with van der Waals surface area (Å²) in [6.07, 6.45) is 2.28. The molecular weight excluding hydrogens is 220 g/mol. The van der Waals surface area contributed by atoms with Crippen molar-refractivity contribution in [3.05, 3.63) is 0 Å². The molecule has 0 aromatic carbocycles. The van der Waals surface area contributed by atoms with Gasteiger partial charge in [0.1, 0.15) is 5.41 Å². The van der Waals surface area contributed by atoms with Crippen LogP contribution in [0.4, 0.5) is 0 Å². The van der Waals surface area contributed by atoms with Crippen LogP contribution in [0.2, 0.25) is 0 Å². The minimum absolute atomic E-state index is 0.00518. The van der Waals surface area contributed by atoms with Crippen molar-refractivity contribution in [2.45, 2.75) is 26.2 Å². The van der Waals surface area contributed by atoms with Crippen molar-refractivity contribution >= 4 is 11.8 Å². The maximum absolute atomic E-state index is 12.3. The summed E-state index contributed by atoms with van der Waals surface area (Å²) in [7, 11) is 0. The average Bonchev–Trinajstić information content (AvgIpc) is 3.17. The molecule has 0 bridgehead atoms. The van der Waals surface area contributed by atoms with E-state index in [0.29, 0.717) is 45.7 Å². The Morgan fingerprint density at radius 2 is 1.94 bits per heavy atom. The standard InChI is InChI=1S/C12H20N2O3/c1-2-5-13-10(15)12(3-4-12)11(16)14-6-8-17-9-7-14/h2-9H2,1H3,(H,13,15). The van der Waals surface area contributed by atoms with Gasteiger partial charge in [-0.25, -0.2) is 0 Å². The lowest BCUT2D eigenvalue weighted by molar-refractivity contribution is -0.147. The fourth-order valence-electron chi connectivity index (χ4n) is 2.14. The van der Waals surface area contributed by atoms with Crippen LogP contribution in [0.25, 0.3) is 0 Å². The third-order valence-electron chi connectivity index (χ3n) is 3.43. The monoisotopic (exact) mass is 240 g/mol. The molecule has 5 nitrogen and oxygen atoms in total. The Morgan fingerprint density at radius 1 is 1.29 bits per heavy atom. The number of hydrogen-bond acceptors (Lipinski definition) is 3. The van der Waals surface area contributed by atoms with E-state index in [1.165, 1.54) is 0 Å². The van der Waals surface area contributed by atoms with E-state index in [-0.39, 0.29) is 11.8 Å². The highest BCUT2D eigenvalue weighted by molar-refractivity contribution is 6.07. The minimum atomic E-state index is -0.744. The van der Waals surface area contributed by atoms with Gasteiger partial charge in [-0.15, -0.1) is 0 Å². The maximum atomic E-state index is 12.3. The van der Waals surface area contributed by atoms with Gasteiger partial charge in [0.2, 0.25) is 11.8 Å². The molecule has 0 aromatic heterocycles. The lowest BCUT2D eigenvalue weighted by Crippen LogP contribution is -2.49. The summed E-state index contributed by atoms with van der Waals surface area (Å²) in [4.78, 5) is 26.0. The predicted molar refractivity (Wildman–Crippen MR) is 62.4 cm³/mol. The first kappa shape index (κ1) is 12.4. The van der Waals surface area contributed by atoms with Crippen LogP contribution in [0.5, 0.6) is 0 Å². The Kier molecular flexibility index (Phi) is 3.66. The molecule has 96 valence electrons. The first-order valence-electron chi connectivity index (χ1n) is 6.36. The van der Waals surface area contributed by atoms with E-state index < -0.39 is 5.41 Å². The van der Waals surface area contributed by atoms with E-state index in [9.17, 15) is 9.59 Å². The van der Waals surface area contributed by atoms with Gasteiger partial charge < -0.3 is 15.0 Å². The topological polar surface area (TPSA) is 58.6 Å². The zero-order valence-corrected chi connectivity index (χ0v) is 10.3. The number of nitrogens with one attached hydrogen (secondary N) is 1. The summed E-state index contributed by atoms with van der Waals surface area (Å²) in [6, 6.07) is 0. The molecule has 0 unspecified atom stereocenters. The van der Waals surface area contributed by atoms with E-state index in [1.54, 1.807) is 4.90 Å². The zero-order chi connectivity index (χ0) is 12.3. The van der Waals surface area contributed by atoms with Crippen LogP contribution in [-0.2, 0) is 14.3 Å². The minimum Gasteiger partial charge on any atom is -0.378 e. The van der Waals surface area contributed by atoms with E-state index in [2.05, 4.69) is 5.32 Å². The molecule has 0 spiro atoms. The fraction of sp³-hybridized carbons (Fsp3) is 0.833. The average molecular weight is 240 g/mol. The van der Waals surface area contributed by atoms with E-state index in [4.69, 9.17) is 4.74 Å². The number of morpholine rings is 1. The van der Waals surface area contributed by atoms with E-state index >= 15 is 0 Å². The van der Waals surface area contributed by atoms with Gasteiger partial charge in [-0.05, 0) is 19.3 Å². The van der Waals surface area contributed by atoms with Crippen molar-refractivity contribution in [3.8, 4) is 0 Å². The third kappa shape index (κ3) is 2.44. The smallest absolute Gasteiger partial charge is 0.238 e. The number of carbonyl (C=O) groups is 2. The molecule has 1 saturated heterocycles. The SMILES string of the molecule is CCCNC(=O)C1(C(=O)N2CCOCC2)CC1. The Bertz CT molecular complexity index is 307. The van der Waals surface area contributed by atoms with Gasteiger partial charge in [-0.1, -0.05) is 6.92 Å². The van der Waals surface area contributed by atoms with Crippen LogP contribution in [0.15, 0.2) is 0 Å². The first-order valence-corrected chi connectivity index (χ1v) is 6.36. The molecule has 2 aliphatic rings. The second kappa shape index (κ2) is 5.04. The normalized spacial score (nSPS) is 22.1. The highest BCUT2D eigenvalue weighted by atomic mass is 16.5. The van der Waals surface area contributed by atoms with Gasteiger partial charge in [0.15, 0.2) is 0 Å². The van der Waals surface area contributed by atoms with Crippen molar-refractivity contribution in [2.24, 2.45) is 5.41 Å². The summed E-state index contributed by atoms with van der Waals surface area (Å²) in [5.74, 6) is -0.0924. The second-order valence-corrected chi connectivity index (χ2v) is 4.74. The number of nitrogens with zero attached hydrogens (tertiary/aromatic N) is 1. The van der Waals surface area contributed by atoms with Gasteiger partial charge in [0.25, 0.3) is 0 Å². The van der Waals surface area contributed by atoms with Crippen molar-refractivity contribution in [3.63, 3.8) is 0 Å². The van der Waals surface area contributed by atoms with Gasteiger partial charge >= 0.3 is 0 Å². The summed E-state index contributed by atoms with van der Waals surface area (Å²) in [6.45, 7) is 5.04. The highest BCUT2D eigenvalue weighted by Gasteiger charge is 2.57. The molecule has 0 atom stereocenters. The van der Waals surface area contributed by atoms with Crippen LogP contribution in [0, 0.1) is 5.41 Å². The lowest BCUT2D eigenvalue weighted by Gasteiger charge is -2.30. The third-order valence-corrected chi connectivity index (χ3v) is 3.43. The van der Waals surface area contributed by atoms with Crippen molar-refractivity contribution < 1.29 is 14.3 Å². The number of ether oxygens (including phenoxy) is 1. The summed E-state index contributed by atoms with van der Waals surface area (Å²) < 4.78 is 5.21. The number of rotatable bonds is 4. The van der Waals surface area contributed by atoms with Crippen LogP contribution >= 0.6 is 0 Å². The molecule has 1 heterocycles. The highest BCUT2D eigenvalue weighted by Crippen LogP contribution is 2.47. The molecule has 1 N–H and O–H groups in total. The van der Waals surface area contributed by atoms with Crippen molar-refractivity contribution in [1.82, 2.24) is 10.2 Å². The van der Waals surface area contributed by atoms with Crippen LogP contribution in [0.1, 0.15) is 26.2 Å². The summed E-state index contributed by atoms with van der Waals surface area (Å²) in [5.41, 5.74) is -0.744. The Labute approximate surface area is 101 Å². The Hall–Kier alpha value is -1.10. The quantitative estimate of drug-likeness (QED) is 0.712. The molecular formula is C12H20N2O3.